The summed E-state index contributed by atoms with van der Waals surface area (Å²) in [5.74, 6) is -0.0676. The van der Waals surface area contributed by atoms with Crippen LogP contribution in [0.25, 0.3) is 0 Å². The minimum atomic E-state index is -0.227. The minimum absolute atomic E-state index is 0.0676. The van der Waals surface area contributed by atoms with Crippen LogP contribution in [-0.4, -0.2) is 10.8 Å². The van der Waals surface area contributed by atoms with Gasteiger partial charge in [0.2, 0.25) is 0 Å². The lowest BCUT2D eigenvalue weighted by Crippen LogP contribution is -2.07. The molecule has 0 bridgehead atoms. The quantitative estimate of drug-likeness (QED) is 0.720. The van der Waals surface area contributed by atoms with Gasteiger partial charge >= 0.3 is 0 Å². The molecule has 1 N–H and O–H groups in total. The van der Waals surface area contributed by atoms with E-state index in [4.69, 9.17) is 0 Å². The van der Waals surface area contributed by atoms with E-state index < -0.39 is 0 Å². The van der Waals surface area contributed by atoms with Crippen molar-refractivity contribution in [3.05, 3.63) is 32.7 Å². The van der Waals surface area contributed by atoms with E-state index in [0.717, 1.165) is 0 Å². The van der Waals surface area contributed by atoms with Gasteiger partial charge in [0, 0.05) is 11.8 Å². The van der Waals surface area contributed by atoms with Crippen molar-refractivity contribution in [3.8, 4) is 0 Å². The number of H-pyrrole nitrogens is 1. The number of ketones is 1. The Morgan fingerprint density at radius 3 is 2.73 bits per heavy atom. The molecule has 0 aromatic carbocycles. The van der Waals surface area contributed by atoms with E-state index in [1.807, 2.05) is 0 Å². The topological polar surface area (TPSA) is 49.9 Å². The van der Waals surface area contributed by atoms with E-state index in [0.29, 0.717) is 10.0 Å². The Balaban J connectivity index is 3.26. The summed E-state index contributed by atoms with van der Waals surface area (Å²) in [4.78, 5) is 24.0. The Labute approximate surface area is 71.6 Å². The zero-order valence-electron chi connectivity index (χ0n) is 5.85. The molecular weight excluding hydrogens is 210 g/mol. The van der Waals surface area contributed by atoms with Crippen molar-refractivity contribution < 1.29 is 4.79 Å². The van der Waals surface area contributed by atoms with Gasteiger partial charge in [-0.1, -0.05) is 0 Å². The Kier molecular flexibility index (Phi) is 2.24. The van der Waals surface area contributed by atoms with E-state index >= 15 is 0 Å². The second-order valence-electron chi connectivity index (χ2n) is 2.12. The first-order valence-corrected chi connectivity index (χ1v) is 3.79. The van der Waals surface area contributed by atoms with Gasteiger partial charge in [0.1, 0.15) is 0 Å². The van der Waals surface area contributed by atoms with Crippen LogP contribution >= 0.6 is 15.9 Å². The van der Waals surface area contributed by atoms with Crippen LogP contribution in [0.3, 0.4) is 0 Å². The van der Waals surface area contributed by atoms with Crippen molar-refractivity contribution in [1.29, 1.82) is 0 Å². The van der Waals surface area contributed by atoms with Crippen molar-refractivity contribution in [2.45, 2.75) is 6.92 Å². The smallest absolute Gasteiger partial charge is 0.262 e. The highest BCUT2D eigenvalue weighted by molar-refractivity contribution is 9.10. The molecule has 0 atom stereocenters. The summed E-state index contributed by atoms with van der Waals surface area (Å²) in [6.45, 7) is 1.44. The fourth-order valence-electron chi connectivity index (χ4n) is 0.659. The maximum absolute atomic E-state index is 10.8. The maximum Gasteiger partial charge on any atom is 0.262 e. The van der Waals surface area contributed by atoms with Gasteiger partial charge in [-0.2, -0.15) is 0 Å². The van der Waals surface area contributed by atoms with Crippen molar-refractivity contribution in [2.24, 2.45) is 0 Å². The number of hydrogen-bond donors (Lipinski definition) is 1. The van der Waals surface area contributed by atoms with E-state index in [2.05, 4.69) is 20.9 Å². The number of pyridine rings is 1. The molecule has 3 nitrogen and oxygen atoms in total. The fourth-order valence-corrected chi connectivity index (χ4v) is 1.02. The van der Waals surface area contributed by atoms with Crippen LogP contribution in [0, 0.1) is 0 Å². The standard InChI is InChI=1S/C7H6BrNO2/c1-4(10)5-2-6(8)7(11)9-3-5/h2-3H,1H3,(H,9,11). The lowest BCUT2D eigenvalue weighted by atomic mass is 10.2. The molecule has 0 amide bonds. The number of hydrogen-bond acceptors (Lipinski definition) is 2. The molecule has 1 rings (SSSR count). The summed E-state index contributed by atoms with van der Waals surface area (Å²) in [6, 6.07) is 1.50. The molecule has 0 unspecified atom stereocenters. The summed E-state index contributed by atoms with van der Waals surface area (Å²) in [6.07, 6.45) is 1.40. The lowest BCUT2D eigenvalue weighted by molar-refractivity contribution is 0.101. The van der Waals surface area contributed by atoms with Crippen molar-refractivity contribution in [3.63, 3.8) is 0 Å². The summed E-state index contributed by atoms with van der Waals surface area (Å²) < 4.78 is 0.380. The number of rotatable bonds is 1. The average molecular weight is 216 g/mol. The van der Waals surface area contributed by atoms with Gasteiger partial charge in [-0.05, 0) is 28.9 Å². The van der Waals surface area contributed by atoms with Crippen molar-refractivity contribution in [2.75, 3.05) is 0 Å². The third-order valence-electron chi connectivity index (χ3n) is 1.26. The van der Waals surface area contributed by atoms with Gasteiger partial charge in [-0.25, -0.2) is 0 Å². The van der Waals surface area contributed by atoms with Crippen molar-refractivity contribution in [1.82, 2.24) is 4.98 Å². The van der Waals surface area contributed by atoms with Crippen LogP contribution in [0.4, 0.5) is 0 Å². The summed E-state index contributed by atoms with van der Waals surface area (Å²) in [5, 5.41) is 0. The van der Waals surface area contributed by atoms with Crippen LogP contribution in [-0.2, 0) is 0 Å². The van der Waals surface area contributed by atoms with Crippen LogP contribution in [0.1, 0.15) is 17.3 Å². The highest BCUT2D eigenvalue weighted by Gasteiger charge is 2.01. The van der Waals surface area contributed by atoms with Gasteiger partial charge in [-0.15, -0.1) is 0 Å². The van der Waals surface area contributed by atoms with Gasteiger partial charge < -0.3 is 4.98 Å². The Morgan fingerprint density at radius 1 is 1.64 bits per heavy atom. The van der Waals surface area contributed by atoms with Gasteiger partial charge in [0.15, 0.2) is 5.78 Å². The monoisotopic (exact) mass is 215 g/mol. The molecule has 0 radical (unpaired) electrons. The number of halogens is 1. The van der Waals surface area contributed by atoms with E-state index in [9.17, 15) is 9.59 Å². The van der Waals surface area contributed by atoms with E-state index in [1.54, 1.807) is 0 Å². The summed E-state index contributed by atoms with van der Waals surface area (Å²) in [7, 11) is 0. The van der Waals surface area contributed by atoms with Crippen LogP contribution < -0.4 is 5.56 Å². The highest BCUT2D eigenvalue weighted by atomic mass is 79.9. The minimum Gasteiger partial charge on any atom is -0.327 e. The van der Waals surface area contributed by atoms with E-state index in [-0.39, 0.29) is 11.3 Å². The lowest BCUT2D eigenvalue weighted by Gasteiger charge is -1.93. The number of carbonyl (C=O) groups is 1. The highest BCUT2D eigenvalue weighted by Crippen LogP contribution is 2.04. The molecule has 11 heavy (non-hydrogen) atoms. The van der Waals surface area contributed by atoms with Gasteiger partial charge in [-0.3, -0.25) is 9.59 Å². The predicted octanol–water partition coefficient (Wildman–Crippen LogP) is 1.34. The molecule has 1 heterocycles. The number of aromatic amines is 1. The van der Waals surface area contributed by atoms with E-state index in [1.165, 1.54) is 19.2 Å². The zero-order valence-corrected chi connectivity index (χ0v) is 7.44. The molecule has 0 saturated heterocycles. The molecule has 0 spiro atoms. The van der Waals surface area contributed by atoms with Crippen molar-refractivity contribution >= 4 is 21.7 Å². The molecule has 0 fully saturated rings. The number of aromatic nitrogens is 1. The Hall–Kier alpha value is -0.900. The first kappa shape index (κ1) is 8.20. The number of nitrogens with one attached hydrogen (secondary N) is 1. The first-order valence-electron chi connectivity index (χ1n) is 3.00. The van der Waals surface area contributed by atoms with Gasteiger partial charge in [0.05, 0.1) is 4.47 Å². The predicted molar refractivity (Wildman–Crippen MR) is 44.8 cm³/mol. The second kappa shape index (κ2) is 3.00. The molecule has 0 saturated carbocycles. The second-order valence-corrected chi connectivity index (χ2v) is 2.98. The SMILES string of the molecule is CC(=O)c1c[nH]c(=O)c(Br)c1. The average Bonchev–Trinajstić information content (AvgIpc) is 1.94. The molecule has 58 valence electrons. The van der Waals surface area contributed by atoms with Crippen LogP contribution in [0.2, 0.25) is 0 Å². The third-order valence-corrected chi connectivity index (χ3v) is 1.85. The molecule has 4 heteroatoms. The Morgan fingerprint density at radius 2 is 2.27 bits per heavy atom. The Bertz CT molecular complexity index is 343. The van der Waals surface area contributed by atoms with Crippen LogP contribution in [0.5, 0.6) is 0 Å². The number of carbonyl (C=O) groups excluding carboxylic acids is 1. The zero-order chi connectivity index (χ0) is 8.43. The number of Topliss-reactive ketones (excluding diaryl/α,β-unsaturated/α-hetero) is 1. The molecular formula is C7H6BrNO2. The molecule has 0 aliphatic carbocycles. The molecule has 1 aromatic rings. The third kappa shape index (κ3) is 1.77. The molecule has 1 aromatic heterocycles. The van der Waals surface area contributed by atoms with Gasteiger partial charge in [0.25, 0.3) is 5.56 Å². The normalized spacial score (nSPS) is 9.64. The largest absolute Gasteiger partial charge is 0.327 e. The van der Waals surface area contributed by atoms with Crippen LogP contribution in [0.15, 0.2) is 21.5 Å². The fraction of sp³-hybridized carbons (Fsp3) is 0.143. The summed E-state index contributed by atoms with van der Waals surface area (Å²) in [5.41, 5.74) is 0.270. The first-order chi connectivity index (χ1) is 5.11. The molecule has 0 aliphatic heterocycles. The summed E-state index contributed by atoms with van der Waals surface area (Å²) >= 11 is 3.02. The molecule has 0 aliphatic rings. The maximum atomic E-state index is 10.8.